The highest BCUT2D eigenvalue weighted by Gasteiger charge is 2.57. The lowest BCUT2D eigenvalue weighted by molar-refractivity contribution is 0.0883. The summed E-state index contributed by atoms with van der Waals surface area (Å²) >= 11 is 0. The van der Waals surface area contributed by atoms with Gasteiger partial charge in [0.05, 0.1) is 5.41 Å². The largest absolute Gasteiger partial charge is 0.292 e. The van der Waals surface area contributed by atoms with Gasteiger partial charge in [-0.15, -0.1) is 0 Å². The number of rotatable bonds is 2. The number of hydrogen-bond acceptors (Lipinski definition) is 2. The fourth-order valence-electron chi connectivity index (χ4n) is 1.44. The first kappa shape index (κ1) is 8.41. The fourth-order valence-corrected chi connectivity index (χ4v) is 1.44. The van der Waals surface area contributed by atoms with Crippen LogP contribution in [0.5, 0.6) is 0 Å². The summed E-state index contributed by atoms with van der Waals surface area (Å²) in [5.74, 6) is -0.139. The van der Waals surface area contributed by atoms with Crippen molar-refractivity contribution in [2.45, 2.75) is 19.5 Å². The van der Waals surface area contributed by atoms with Crippen molar-refractivity contribution in [3.8, 4) is 0 Å². The summed E-state index contributed by atoms with van der Waals surface area (Å²) in [4.78, 5) is 11.7. The summed E-state index contributed by atoms with van der Waals surface area (Å²) in [6, 6.07) is 1.62. The first-order chi connectivity index (χ1) is 6.05. The van der Waals surface area contributed by atoms with Crippen molar-refractivity contribution in [2.75, 3.05) is 0 Å². The molecule has 1 aromatic rings. The average Bonchev–Trinajstić information content (AvgIpc) is 2.52. The molecular weight excluding hydrogens is 171 g/mol. The normalized spacial score (nSPS) is 31.8. The van der Waals surface area contributed by atoms with Crippen LogP contribution in [0.25, 0.3) is 0 Å². The molecule has 1 heterocycles. The molecule has 0 amide bonds. The van der Waals surface area contributed by atoms with E-state index in [0.717, 1.165) is 0 Å². The van der Waals surface area contributed by atoms with Crippen LogP contribution in [0.3, 0.4) is 0 Å². The molecule has 1 aliphatic carbocycles. The standard InChI is InChI=1S/C9H11FN2O/c1-9(5-7(9)10)8(13)6-3-4-11-12(6)2/h3-4,7H,5H2,1-2H3. The smallest absolute Gasteiger partial charge is 0.189 e. The lowest BCUT2D eigenvalue weighted by atomic mass is 10.0. The van der Waals surface area contributed by atoms with Crippen molar-refractivity contribution >= 4 is 5.78 Å². The third-order valence-electron chi connectivity index (χ3n) is 2.71. The Kier molecular flexibility index (Phi) is 1.55. The maximum absolute atomic E-state index is 12.9. The van der Waals surface area contributed by atoms with Crippen LogP contribution in [0.15, 0.2) is 12.3 Å². The molecule has 2 atom stereocenters. The molecule has 1 aromatic heterocycles. The van der Waals surface area contributed by atoms with Crippen molar-refractivity contribution in [2.24, 2.45) is 12.5 Å². The summed E-state index contributed by atoms with van der Waals surface area (Å²) < 4.78 is 14.4. The third-order valence-corrected chi connectivity index (χ3v) is 2.71. The topological polar surface area (TPSA) is 34.9 Å². The summed E-state index contributed by atoms with van der Waals surface area (Å²) in [5, 5.41) is 3.88. The quantitative estimate of drug-likeness (QED) is 0.647. The Hall–Kier alpha value is -1.19. The van der Waals surface area contributed by atoms with Crippen molar-refractivity contribution < 1.29 is 9.18 Å². The minimum atomic E-state index is -0.977. The number of carbonyl (C=O) groups excluding carboxylic acids is 1. The Bertz CT molecular complexity index is 360. The van der Waals surface area contributed by atoms with Crippen LogP contribution in [0.4, 0.5) is 4.39 Å². The second-order valence-corrected chi connectivity index (χ2v) is 3.76. The van der Waals surface area contributed by atoms with Gasteiger partial charge in [0.1, 0.15) is 11.9 Å². The van der Waals surface area contributed by atoms with E-state index in [1.807, 2.05) is 0 Å². The lowest BCUT2D eigenvalue weighted by Crippen LogP contribution is -2.18. The Morgan fingerprint density at radius 2 is 2.46 bits per heavy atom. The average molecular weight is 182 g/mol. The second kappa shape index (κ2) is 2.40. The number of carbonyl (C=O) groups is 1. The molecule has 1 fully saturated rings. The Morgan fingerprint density at radius 1 is 1.85 bits per heavy atom. The SMILES string of the molecule is Cn1nccc1C(=O)C1(C)CC1F. The van der Waals surface area contributed by atoms with Gasteiger partial charge in [-0.3, -0.25) is 9.48 Å². The van der Waals surface area contributed by atoms with E-state index < -0.39 is 11.6 Å². The third kappa shape index (κ3) is 1.08. The molecule has 0 radical (unpaired) electrons. The van der Waals surface area contributed by atoms with Crippen LogP contribution in [0.1, 0.15) is 23.8 Å². The van der Waals surface area contributed by atoms with Crippen molar-refractivity contribution in [1.82, 2.24) is 9.78 Å². The van der Waals surface area contributed by atoms with Gasteiger partial charge < -0.3 is 0 Å². The number of aromatic nitrogens is 2. The molecule has 0 aromatic carbocycles. The zero-order chi connectivity index (χ0) is 9.64. The summed E-state index contributed by atoms with van der Waals surface area (Å²) in [5.41, 5.74) is -0.295. The van der Waals surface area contributed by atoms with Crippen LogP contribution in [0, 0.1) is 5.41 Å². The molecule has 2 rings (SSSR count). The summed E-state index contributed by atoms with van der Waals surface area (Å²) in [6.07, 6.45) is 0.915. The molecule has 3 nitrogen and oxygen atoms in total. The molecule has 1 saturated carbocycles. The monoisotopic (exact) mass is 182 g/mol. The van der Waals surface area contributed by atoms with Gasteiger partial charge in [-0.05, 0) is 19.4 Å². The van der Waals surface area contributed by atoms with E-state index in [1.54, 1.807) is 26.2 Å². The molecule has 1 aliphatic rings. The van der Waals surface area contributed by atoms with Crippen LogP contribution < -0.4 is 0 Å². The van der Waals surface area contributed by atoms with E-state index in [-0.39, 0.29) is 5.78 Å². The minimum absolute atomic E-state index is 0.139. The van der Waals surface area contributed by atoms with Crippen LogP contribution in [-0.2, 0) is 7.05 Å². The molecule has 0 aliphatic heterocycles. The van der Waals surface area contributed by atoms with E-state index in [2.05, 4.69) is 5.10 Å². The zero-order valence-corrected chi connectivity index (χ0v) is 7.62. The number of hydrogen-bond donors (Lipinski definition) is 0. The number of Topliss-reactive ketones (excluding diaryl/α,β-unsaturated/α-hetero) is 1. The Morgan fingerprint density at radius 3 is 2.85 bits per heavy atom. The van der Waals surface area contributed by atoms with E-state index >= 15 is 0 Å². The molecule has 0 spiro atoms. The molecule has 0 N–H and O–H groups in total. The van der Waals surface area contributed by atoms with Gasteiger partial charge in [0.25, 0.3) is 0 Å². The maximum Gasteiger partial charge on any atom is 0.189 e. The molecule has 2 unspecified atom stereocenters. The van der Waals surface area contributed by atoms with Gasteiger partial charge in [-0.2, -0.15) is 5.10 Å². The van der Waals surface area contributed by atoms with E-state index in [1.165, 1.54) is 4.68 Å². The van der Waals surface area contributed by atoms with Crippen LogP contribution in [0.2, 0.25) is 0 Å². The minimum Gasteiger partial charge on any atom is -0.292 e. The van der Waals surface area contributed by atoms with Gasteiger partial charge >= 0.3 is 0 Å². The van der Waals surface area contributed by atoms with Gasteiger partial charge in [0.2, 0.25) is 0 Å². The Balaban J connectivity index is 2.29. The Labute approximate surface area is 75.5 Å². The number of aryl methyl sites for hydroxylation is 1. The van der Waals surface area contributed by atoms with Gasteiger partial charge in [-0.25, -0.2) is 4.39 Å². The molecular formula is C9H11FN2O. The van der Waals surface area contributed by atoms with Gasteiger partial charge in [0, 0.05) is 13.2 Å². The van der Waals surface area contributed by atoms with Crippen LogP contribution >= 0.6 is 0 Å². The molecule has 0 saturated heterocycles. The highest BCUT2D eigenvalue weighted by atomic mass is 19.1. The maximum atomic E-state index is 12.9. The number of ketones is 1. The van der Waals surface area contributed by atoms with Crippen LogP contribution in [-0.4, -0.2) is 21.7 Å². The summed E-state index contributed by atoms with van der Waals surface area (Å²) in [6.45, 7) is 1.66. The zero-order valence-electron chi connectivity index (χ0n) is 7.62. The molecule has 0 bridgehead atoms. The summed E-state index contributed by atoms with van der Waals surface area (Å²) in [7, 11) is 1.69. The van der Waals surface area contributed by atoms with Crippen molar-refractivity contribution in [3.63, 3.8) is 0 Å². The predicted octanol–water partition coefficient (Wildman–Crippen LogP) is 1.35. The van der Waals surface area contributed by atoms with E-state index in [4.69, 9.17) is 0 Å². The molecule has 4 heteroatoms. The fraction of sp³-hybridized carbons (Fsp3) is 0.556. The predicted molar refractivity (Wildman–Crippen MR) is 45.2 cm³/mol. The highest BCUT2D eigenvalue weighted by molar-refractivity contribution is 6.01. The molecule has 13 heavy (non-hydrogen) atoms. The van der Waals surface area contributed by atoms with Crippen molar-refractivity contribution in [3.05, 3.63) is 18.0 Å². The first-order valence-electron chi connectivity index (χ1n) is 4.22. The molecule has 70 valence electrons. The van der Waals surface area contributed by atoms with Crippen molar-refractivity contribution in [1.29, 1.82) is 0 Å². The second-order valence-electron chi connectivity index (χ2n) is 3.76. The number of halogens is 1. The van der Waals surface area contributed by atoms with Gasteiger partial charge in [-0.1, -0.05) is 0 Å². The number of nitrogens with zero attached hydrogens (tertiary/aromatic N) is 2. The number of alkyl halides is 1. The first-order valence-corrected chi connectivity index (χ1v) is 4.22. The van der Waals surface area contributed by atoms with E-state index in [0.29, 0.717) is 12.1 Å². The lowest BCUT2D eigenvalue weighted by Gasteiger charge is -2.06. The highest BCUT2D eigenvalue weighted by Crippen LogP contribution is 2.50. The van der Waals surface area contributed by atoms with E-state index in [9.17, 15) is 9.18 Å². The van der Waals surface area contributed by atoms with Gasteiger partial charge in [0.15, 0.2) is 5.78 Å².